The van der Waals surface area contributed by atoms with Gasteiger partial charge >= 0.3 is 0 Å². The molecule has 1 aliphatic rings. The molecule has 8 heteroatoms. The van der Waals surface area contributed by atoms with Crippen molar-refractivity contribution in [3.63, 3.8) is 0 Å². The summed E-state index contributed by atoms with van der Waals surface area (Å²) in [6, 6.07) is 8.94. The number of fused-ring (bicyclic) bond motifs is 1. The predicted molar refractivity (Wildman–Crippen MR) is 93.9 cm³/mol. The van der Waals surface area contributed by atoms with Crippen molar-refractivity contribution in [3.8, 4) is 17.6 Å². The zero-order valence-corrected chi connectivity index (χ0v) is 14.8. The van der Waals surface area contributed by atoms with Gasteiger partial charge in [0.05, 0.1) is 9.50 Å². The van der Waals surface area contributed by atoms with Gasteiger partial charge in [-0.1, -0.05) is 11.6 Å². The standard InChI is InChI=1S/C17H9BrClFN2O3/c18-12-4-9(5-15-16(12)25-8-24-15)3-10(7-21)17(23)22-11-1-2-14(20)13(19)6-11/h1-6H,8H2,(H,22,23)/b10-3+. The van der Waals surface area contributed by atoms with Crippen molar-refractivity contribution >= 4 is 45.2 Å². The first-order valence-electron chi connectivity index (χ1n) is 6.95. The van der Waals surface area contributed by atoms with Gasteiger partial charge in [0.25, 0.3) is 5.91 Å². The van der Waals surface area contributed by atoms with E-state index in [0.29, 0.717) is 21.5 Å². The summed E-state index contributed by atoms with van der Waals surface area (Å²) in [5, 5.41) is 11.6. The summed E-state index contributed by atoms with van der Waals surface area (Å²) in [5.41, 5.74) is 0.732. The second-order valence-corrected chi connectivity index (χ2v) is 6.25. The van der Waals surface area contributed by atoms with E-state index in [2.05, 4.69) is 21.2 Å². The molecule has 1 aliphatic heterocycles. The van der Waals surface area contributed by atoms with E-state index >= 15 is 0 Å². The number of nitrogens with one attached hydrogen (secondary N) is 1. The average Bonchev–Trinajstić information content (AvgIpc) is 3.05. The van der Waals surface area contributed by atoms with E-state index in [9.17, 15) is 14.4 Å². The Morgan fingerprint density at radius 2 is 2.16 bits per heavy atom. The SMILES string of the molecule is N#C/C(=C\c1cc(Br)c2c(c1)OCO2)C(=O)Nc1ccc(F)c(Cl)c1. The van der Waals surface area contributed by atoms with E-state index in [4.69, 9.17) is 21.1 Å². The number of rotatable bonds is 3. The Bertz CT molecular complexity index is 940. The number of hydrogen-bond donors (Lipinski definition) is 1. The van der Waals surface area contributed by atoms with Crippen LogP contribution in [-0.2, 0) is 4.79 Å². The van der Waals surface area contributed by atoms with E-state index in [0.717, 1.165) is 6.07 Å². The fourth-order valence-electron chi connectivity index (χ4n) is 2.16. The fourth-order valence-corrected chi connectivity index (χ4v) is 2.91. The Morgan fingerprint density at radius 3 is 2.88 bits per heavy atom. The molecule has 5 nitrogen and oxygen atoms in total. The number of nitriles is 1. The van der Waals surface area contributed by atoms with Gasteiger partial charge in [0.1, 0.15) is 17.5 Å². The number of amides is 1. The number of anilines is 1. The number of halogens is 3. The molecule has 1 amide bonds. The molecule has 1 N–H and O–H groups in total. The zero-order valence-electron chi connectivity index (χ0n) is 12.5. The van der Waals surface area contributed by atoms with Crippen molar-refractivity contribution in [2.24, 2.45) is 0 Å². The van der Waals surface area contributed by atoms with Crippen LogP contribution in [0.15, 0.2) is 40.4 Å². The van der Waals surface area contributed by atoms with Crippen molar-refractivity contribution in [2.75, 3.05) is 12.1 Å². The minimum atomic E-state index is -0.640. The third kappa shape index (κ3) is 3.76. The van der Waals surface area contributed by atoms with E-state index in [1.165, 1.54) is 18.2 Å². The largest absolute Gasteiger partial charge is 0.454 e. The van der Waals surface area contributed by atoms with Crippen molar-refractivity contribution in [3.05, 3.63) is 56.8 Å². The fraction of sp³-hybridized carbons (Fsp3) is 0.0588. The molecule has 0 radical (unpaired) electrons. The van der Waals surface area contributed by atoms with Crippen molar-refractivity contribution < 1.29 is 18.7 Å². The van der Waals surface area contributed by atoms with Crippen LogP contribution in [0, 0.1) is 17.1 Å². The zero-order chi connectivity index (χ0) is 18.0. The van der Waals surface area contributed by atoms with Crippen LogP contribution >= 0.6 is 27.5 Å². The van der Waals surface area contributed by atoms with Crippen LogP contribution in [-0.4, -0.2) is 12.7 Å². The first-order chi connectivity index (χ1) is 12.0. The predicted octanol–water partition coefficient (Wildman–Crippen LogP) is 4.52. The van der Waals surface area contributed by atoms with E-state index in [1.54, 1.807) is 12.1 Å². The topological polar surface area (TPSA) is 71.3 Å². The lowest BCUT2D eigenvalue weighted by molar-refractivity contribution is -0.112. The lowest BCUT2D eigenvalue weighted by atomic mass is 10.1. The Kier molecular flexibility index (Phi) is 4.93. The summed E-state index contributed by atoms with van der Waals surface area (Å²) in [7, 11) is 0. The first kappa shape index (κ1) is 17.3. The molecule has 3 rings (SSSR count). The lowest BCUT2D eigenvalue weighted by Gasteiger charge is -2.06. The van der Waals surface area contributed by atoms with Gasteiger partial charge in [-0.05, 0) is 57.9 Å². The van der Waals surface area contributed by atoms with Crippen LogP contribution in [0.3, 0.4) is 0 Å². The molecule has 0 saturated heterocycles. The molecule has 2 aromatic rings. The molecule has 0 atom stereocenters. The van der Waals surface area contributed by atoms with Gasteiger partial charge in [0.15, 0.2) is 11.5 Å². The maximum absolute atomic E-state index is 13.2. The first-order valence-corrected chi connectivity index (χ1v) is 8.12. The Hall–Kier alpha value is -2.56. The summed E-state index contributed by atoms with van der Waals surface area (Å²) in [6.07, 6.45) is 1.41. The second-order valence-electron chi connectivity index (χ2n) is 4.99. The van der Waals surface area contributed by atoms with Crippen LogP contribution in [0.4, 0.5) is 10.1 Å². The summed E-state index contributed by atoms with van der Waals surface area (Å²) < 4.78 is 24.4. The van der Waals surface area contributed by atoms with Crippen LogP contribution in [0.25, 0.3) is 6.08 Å². The van der Waals surface area contributed by atoms with Gasteiger partial charge in [0.2, 0.25) is 6.79 Å². The molecule has 1 heterocycles. The third-order valence-electron chi connectivity index (χ3n) is 3.30. The highest BCUT2D eigenvalue weighted by Gasteiger charge is 2.18. The molecule has 0 aliphatic carbocycles. The third-order valence-corrected chi connectivity index (χ3v) is 4.18. The molecule has 0 aromatic heterocycles. The lowest BCUT2D eigenvalue weighted by Crippen LogP contribution is -2.13. The number of nitrogens with zero attached hydrogens (tertiary/aromatic N) is 1. The minimum absolute atomic E-state index is 0.109. The van der Waals surface area contributed by atoms with E-state index in [1.807, 2.05) is 6.07 Å². The maximum atomic E-state index is 13.2. The number of carbonyl (C=O) groups excluding carboxylic acids is 1. The summed E-state index contributed by atoms with van der Waals surface area (Å²) in [5.74, 6) is -0.149. The highest BCUT2D eigenvalue weighted by molar-refractivity contribution is 9.10. The number of benzene rings is 2. The van der Waals surface area contributed by atoms with Gasteiger partial charge < -0.3 is 14.8 Å². The van der Waals surface area contributed by atoms with E-state index < -0.39 is 11.7 Å². The van der Waals surface area contributed by atoms with Crippen molar-refractivity contribution in [1.29, 1.82) is 5.26 Å². The molecule has 2 aromatic carbocycles. The van der Waals surface area contributed by atoms with Gasteiger partial charge in [0, 0.05) is 5.69 Å². The molecule has 0 saturated carbocycles. The Labute approximate surface area is 155 Å². The van der Waals surface area contributed by atoms with Gasteiger partial charge in [-0.3, -0.25) is 4.79 Å². The minimum Gasteiger partial charge on any atom is -0.454 e. The molecule has 0 bridgehead atoms. The normalized spacial score (nSPS) is 12.6. The highest BCUT2D eigenvalue weighted by Crippen LogP contribution is 2.40. The summed E-state index contributed by atoms with van der Waals surface area (Å²) in [4.78, 5) is 12.3. The van der Waals surface area contributed by atoms with Gasteiger partial charge in [-0.15, -0.1) is 0 Å². The number of ether oxygens (including phenoxy) is 2. The molecule has 0 fully saturated rings. The number of carbonyl (C=O) groups is 1. The van der Waals surface area contributed by atoms with E-state index in [-0.39, 0.29) is 23.1 Å². The molecule has 126 valence electrons. The van der Waals surface area contributed by atoms with Gasteiger partial charge in [-0.2, -0.15) is 5.26 Å². The van der Waals surface area contributed by atoms with Crippen LogP contribution in [0.2, 0.25) is 5.02 Å². The molecule has 25 heavy (non-hydrogen) atoms. The quantitative estimate of drug-likeness (QED) is 0.582. The number of hydrogen-bond acceptors (Lipinski definition) is 4. The van der Waals surface area contributed by atoms with Crippen LogP contribution in [0.5, 0.6) is 11.5 Å². The smallest absolute Gasteiger partial charge is 0.266 e. The summed E-state index contributed by atoms with van der Waals surface area (Å²) >= 11 is 9.02. The average molecular weight is 424 g/mol. The van der Waals surface area contributed by atoms with Gasteiger partial charge in [-0.25, -0.2) is 4.39 Å². The Morgan fingerprint density at radius 1 is 1.36 bits per heavy atom. The Balaban J connectivity index is 1.85. The second kappa shape index (κ2) is 7.13. The molecular weight excluding hydrogens is 415 g/mol. The molecular formula is C17H9BrClFN2O3. The van der Waals surface area contributed by atoms with Crippen molar-refractivity contribution in [1.82, 2.24) is 0 Å². The molecule has 0 unspecified atom stereocenters. The van der Waals surface area contributed by atoms with Crippen molar-refractivity contribution in [2.45, 2.75) is 0 Å². The van der Waals surface area contributed by atoms with Crippen LogP contribution < -0.4 is 14.8 Å². The molecule has 0 spiro atoms. The van der Waals surface area contributed by atoms with Crippen LogP contribution in [0.1, 0.15) is 5.56 Å². The highest BCUT2D eigenvalue weighted by atomic mass is 79.9. The maximum Gasteiger partial charge on any atom is 0.266 e. The monoisotopic (exact) mass is 422 g/mol. The summed E-state index contributed by atoms with van der Waals surface area (Å²) in [6.45, 7) is 0.109.